The molecular weight excluding hydrogens is 416 g/mol. The van der Waals surface area contributed by atoms with Gasteiger partial charge in [-0.3, -0.25) is 14.5 Å². The van der Waals surface area contributed by atoms with Crippen LogP contribution in [-0.2, 0) is 9.59 Å². The molecule has 1 unspecified atom stereocenters. The van der Waals surface area contributed by atoms with Crippen LogP contribution in [-0.4, -0.2) is 23.9 Å². The van der Waals surface area contributed by atoms with Gasteiger partial charge in [-0.2, -0.15) is 0 Å². The molecule has 1 saturated heterocycles. The smallest absolute Gasteiger partial charge is 0.300 e. The van der Waals surface area contributed by atoms with Gasteiger partial charge >= 0.3 is 0 Å². The molecule has 0 aromatic heterocycles. The van der Waals surface area contributed by atoms with Gasteiger partial charge in [-0.15, -0.1) is 0 Å². The highest BCUT2D eigenvalue weighted by Crippen LogP contribution is 2.43. The van der Waals surface area contributed by atoms with Crippen LogP contribution in [0.25, 0.3) is 5.76 Å². The zero-order valence-corrected chi connectivity index (χ0v) is 17.3. The van der Waals surface area contributed by atoms with Crippen molar-refractivity contribution in [3.05, 3.63) is 101 Å². The number of halogens is 2. The van der Waals surface area contributed by atoms with E-state index in [4.69, 9.17) is 4.74 Å². The van der Waals surface area contributed by atoms with Crippen molar-refractivity contribution in [3.8, 4) is 5.75 Å². The number of amides is 1. The molecule has 4 rings (SSSR count). The number of carbonyl (C=O) groups is 2. The summed E-state index contributed by atoms with van der Waals surface area (Å²) < 4.78 is 33.9. The maximum atomic E-state index is 14.8. The largest absolute Gasteiger partial charge is 0.507 e. The predicted molar refractivity (Wildman–Crippen MR) is 115 cm³/mol. The fraction of sp³-hybridized carbons (Fsp3) is 0.120. The molecule has 1 heterocycles. The molecule has 1 N–H and O–H groups in total. The van der Waals surface area contributed by atoms with Crippen LogP contribution in [0.1, 0.15) is 22.7 Å². The van der Waals surface area contributed by atoms with Gasteiger partial charge in [0.25, 0.3) is 11.7 Å². The lowest BCUT2D eigenvalue weighted by atomic mass is 9.93. The summed E-state index contributed by atoms with van der Waals surface area (Å²) in [5.41, 5.74) is 0.683. The van der Waals surface area contributed by atoms with E-state index in [9.17, 15) is 23.5 Å². The molecule has 0 bridgehead atoms. The standard InChI is InChI=1S/C25H19F2NO4/c1-14-12-17(32-2)10-11-18(14)23(29)21-22(19-8-3-4-9-20(19)27)28(25(31)24(21)30)16-7-5-6-15(26)13-16/h3-13,22,29H,1-2H3/b23-21+. The fourth-order valence-electron chi connectivity index (χ4n) is 3.89. The van der Waals surface area contributed by atoms with E-state index in [1.807, 2.05) is 0 Å². The van der Waals surface area contributed by atoms with Crippen molar-refractivity contribution in [1.29, 1.82) is 0 Å². The molecule has 3 aromatic rings. The van der Waals surface area contributed by atoms with Gasteiger partial charge in [0.2, 0.25) is 0 Å². The zero-order valence-electron chi connectivity index (χ0n) is 17.3. The van der Waals surface area contributed by atoms with E-state index >= 15 is 0 Å². The predicted octanol–water partition coefficient (Wildman–Crippen LogP) is 4.91. The van der Waals surface area contributed by atoms with Crippen LogP contribution in [0, 0.1) is 18.6 Å². The Bertz CT molecular complexity index is 1270. The number of ketones is 1. The fourth-order valence-corrected chi connectivity index (χ4v) is 3.89. The Balaban J connectivity index is 1.98. The number of aliphatic hydroxyl groups excluding tert-OH is 1. The van der Waals surface area contributed by atoms with E-state index in [0.29, 0.717) is 16.9 Å². The maximum Gasteiger partial charge on any atom is 0.300 e. The molecule has 1 atom stereocenters. The molecule has 0 aliphatic carbocycles. The molecule has 1 fully saturated rings. The van der Waals surface area contributed by atoms with E-state index in [0.717, 1.165) is 11.0 Å². The van der Waals surface area contributed by atoms with Crippen LogP contribution in [0.4, 0.5) is 14.5 Å². The molecule has 7 heteroatoms. The first-order valence-corrected chi connectivity index (χ1v) is 9.79. The average molecular weight is 435 g/mol. The second-order valence-electron chi connectivity index (χ2n) is 7.35. The molecule has 1 aliphatic rings. The summed E-state index contributed by atoms with van der Waals surface area (Å²) in [5, 5.41) is 11.1. The second-order valence-corrected chi connectivity index (χ2v) is 7.35. The molecule has 1 aliphatic heterocycles. The minimum absolute atomic E-state index is 0.00340. The topological polar surface area (TPSA) is 66.8 Å². The number of anilines is 1. The third-order valence-electron chi connectivity index (χ3n) is 5.42. The Morgan fingerprint density at radius 3 is 2.41 bits per heavy atom. The molecule has 0 spiro atoms. The van der Waals surface area contributed by atoms with Crippen LogP contribution in [0.15, 0.2) is 72.3 Å². The van der Waals surface area contributed by atoms with E-state index in [-0.39, 0.29) is 16.8 Å². The van der Waals surface area contributed by atoms with Crippen molar-refractivity contribution < 1.29 is 28.2 Å². The van der Waals surface area contributed by atoms with Crippen molar-refractivity contribution in [2.24, 2.45) is 0 Å². The van der Waals surface area contributed by atoms with Crippen molar-refractivity contribution in [2.45, 2.75) is 13.0 Å². The average Bonchev–Trinajstić information content (AvgIpc) is 3.04. The van der Waals surface area contributed by atoms with Crippen molar-refractivity contribution in [1.82, 2.24) is 0 Å². The van der Waals surface area contributed by atoms with Gasteiger partial charge in [-0.05, 0) is 55.0 Å². The number of hydrogen-bond donors (Lipinski definition) is 1. The second kappa shape index (κ2) is 8.26. The van der Waals surface area contributed by atoms with Gasteiger partial charge in [0, 0.05) is 16.8 Å². The normalized spacial score (nSPS) is 17.6. The molecule has 32 heavy (non-hydrogen) atoms. The lowest BCUT2D eigenvalue weighted by Crippen LogP contribution is -2.30. The Hall–Kier alpha value is -4.00. The Morgan fingerprint density at radius 2 is 1.75 bits per heavy atom. The summed E-state index contributed by atoms with van der Waals surface area (Å²) in [6.45, 7) is 1.71. The molecule has 1 amide bonds. The van der Waals surface area contributed by atoms with Gasteiger partial charge in [0.15, 0.2) is 0 Å². The summed E-state index contributed by atoms with van der Waals surface area (Å²) >= 11 is 0. The number of Topliss-reactive ketones (excluding diaryl/α,β-unsaturated/α-hetero) is 1. The monoisotopic (exact) mass is 435 g/mol. The highest BCUT2D eigenvalue weighted by Gasteiger charge is 2.48. The van der Waals surface area contributed by atoms with Gasteiger partial charge < -0.3 is 9.84 Å². The number of rotatable bonds is 4. The van der Waals surface area contributed by atoms with Crippen LogP contribution in [0.2, 0.25) is 0 Å². The minimum Gasteiger partial charge on any atom is -0.507 e. The van der Waals surface area contributed by atoms with Crippen LogP contribution >= 0.6 is 0 Å². The van der Waals surface area contributed by atoms with Gasteiger partial charge in [0.1, 0.15) is 23.1 Å². The minimum atomic E-state index is -1.28. The molecular formula is C25H19F2NO4. The van der Waals surface area contributed by atoms with Crippen molar-refractivity contribution in [2.75, 3.05) is 12.0 Å². The summed E-state index contributed by atoms with van der Waals surface area (Å²) in [6, 6.07) is 14.3. The van der Waals surface area contributed by atoms with Crippen molar-refractivity contribution in [3.63, 3.8) is 0 Å². The Morgan fingerprint density at radius 1 is 1.00 bits per heavy atom. The number of methoxy groups -OCH3 is 1. The first-order chi connectivity index (χ1) is 15.3. The number of nitrogens with zero attached hydrogens (tertiary/aromatic N) is 1. The number of aliphatic hydroxyl groups is 1. The highest BCUT2D eigenvalue weighted by molar-refractivity contribution is 6.51. The molecule has 0 radical (unpaired) electrons. The van der Waals surface area contributed by atoms with Crippen molar-refractivity contribution >= 4 is 23.1 Å². The summed E-state index contributed by atoms with van der Waals surface area (Å²) in [7, 11) is 1.50. The third-order valence-corrected chi connectivity index (χ3v) is 5.42. The SMILES string of the molecule is COc1ccc(/C(O)=C2\C(=O)C(=O)N(c3cccc(F)c3)C2c2ccccc2F)c(C)c1. The van der Waals surface area contributed by atoms with E-state index < -0.39 is 35.1 Å². The number of benzene rings is 3. The number of hydrogen-bond acceptors (Lipinski definition) is 4. The van der Waals surface area contributed by atoms with Crippen LogP contribution in [0.3, 0.4) is 0 Å². The zero-order chi connectivity index (χ0) is 23.0. The van der Waals surface area contributed by atoms with E-state index in [2.05, 4.69) is 0 Å². The van der Waals surface area contributed by atoms with Gasteiger partial charge in [-0.1, -0.05) is 24.3 Å². The van der Waals surface area contributed by atoms with Gasteiger partial charge in [0.05, 0.1) is 18.7 Å². The quantitative estimate of drug-likeness (QED) is 0.359. The third kappa shape index (κ3) is 3.51. The summed E-state index contributed by atoms with van der Waals surface area (Å²) in [6.07, 6.45) is 0. The number of aryl methyl sites for hydroxylation is 1. The lowest BCUT2D eigenvalue weighted by molar-refractivity contribution is -0.132. The lowest BCUT2D eigenvalue weighted by Gasteiger charge is -2.26. The van der Waals surface area contributed by atoms with Crippen LogP contribution in [0.5, 0.6) is 5.75 Å². The number of carbonyl (C=O) groups excluding carboxylic acids is 2. The van der Waals surface area contributed by atoms with Crippen LogP contribution < -0.4 is 9.64 Å². The molecule has 162 valence electrons. The first-order valence-electron chi connectivity index (χ1n) is 9.79. The molecule has 0 saturated carbocycles. The molecule has 5 nitrogen and oxygen atoms in total. The number of ether oxygens (including phenoxy) is 1. The maximum absolute atomic E-state index is 14.8. The summed E-state index contributed by atoms with van der Waals surface area (Å²) in [4.78, 5) is 27.1. The van der Waals surface area contributed by atoms with E-state index in [1.54, 1.807) is 31.2 Å². The highest BCUT2D eigenvalue weighted by atomic mass is 19.1. The van der Waals surface area contributed by atoms with E-state index in [1.165, 1.54) is 43.5 Å². The van der Waals surface area contributed by atoms with Gasteiger partial charge in [-0.25, -0.2) is 8.78 Å². The Kier molecular flexibility index (Phi) is 5.48. The molecule has 3 aromatic carbocycles. The first kappa shape index (κ1) is 21.2. The summed E-state index contributed by atoms with van der Waals surface area (Å²) in [5.74, 6) is -3.17. The Labute approximate surface area is 183 Å².